The van der Waals surface area contributed by atoms with Crippen LogP contribution in [0.15, 0.2) is 29.2 Å². The molecule has 102 valence electrons. The van der Waals surface area contributed by atoms with Crippen molar-refractivity contribution in [2.45, 2.75) is 57.4 Å². The Bertz CT molecular complexity index is 325. The Morgan fingerprint density at radius 3 is 2.72 bits per heavy atom. The van der Waals surface area contributed by atoms with E-state index in [1.807, 2.05) is 11.8 Å². The summed E-state index contributed by atoms with van der Waals surface area (Å²) in [5.41, 5.74) is 1.35. The summed E-state index contributed by atoms with van der Waals surface area (Å²) in [5, 5.41) is 3.61. The molecule has 1 unspecified atom stereocenters. The zero-order chi connectivity index (χ0) is 13.2. The minimum Gasteiger partial charge on any atom is -0.313 e. The summed E-state index contributed by atoms with van der Waals surface area (Å²) in [7, 11) is 0. The molecule has 0 fully saturated rings. The van der Waals surface area contributed by atoms with Crippen molar-refractivity contribution in [3.05, 3.63) is 29.8 Å². The van der Waals surface area contributed by atoms with Gasteiger partial charge in [-0.2, -0.15) is 0 Å². The Hall–Kier alpha value is -0.470. The number of unbranched alkanes of at least 4 members (excludes halogenated alkanes) is 2. The van der Waals surface area contributed by atoms with Gasteiger partial charge in [0.1, 0.15) is 0 Å². The van der Waals surface area contributed by atoms with Crippen LogP contribution in [0.4, 0.5) is 0 Å². The molecule has 1 nitrogen and oxygen atoms in total. The van der Waals surface area contributed by atoms with Gasteiger partial charge in [-0.15, -0.1) is 11.8 Å². The summed E-state index contributed by atoms with van der Waals surface area (Å²) in [5.74, 6) is 1.18. The molecule has 0 aromatic heterocycles. The van der Waals surface area contributed by atoms with E-state index in [1.165, 1.54) is 41.9 Å². The summed E-state index contributed by atoms with van der Waals surface area (Å²) >= 11 is 1.98. The van der Waals surface area contributed by atoms with Crippen molar-refractivity contribution in [2.75, 3.05) is 12.3 Å². The van der Waals surface area contributed by atoms with Crippen LogP contribution >= 0.6 is 11.8 Å². The maximum atomic E-state index is 3.61. The van der Waals surface area contributed by atoms with Gasteiger partial charge in [-0.25, -0.2) is 0 Å². The van der Waals surface area contributed by atoms with Crippen LogP contribution in [0.2, 0.25) is 0 Å². The predicted molar refractivity (Wildman–Crippen MR) is 83.5 cm³/mol. The highest BCUT2D eigenvalue weighted by Crippen LogP contribution is 2.21. The van der Waals surface area contributed by atoms with Crippen LogP contribution in [0.5, 0.6) is 0 Å². The Morgan fingerprint density at radius 1 is 1.22 bits per heavy atom. The van der Waals surface area contributed by atoms with Gasteiger partial charge in [-0.3, -0.25) is 0 Å². The molecule has 2 heteroatoms. The van der Waals surface area contributed by atoms with Gasteiger partial charge in [0.2, 0.25) is 0 Å². The summed E-state index contributed by atoms with van der Waals surface area (Å²) in [6.07, 6.45) is 5.32. The van der Waals surface area contributed by atoms with Crippen LogP contribution in [0.25, 0.3) is 0 Å². The Labute approximate surface area is 117 Å². The molecule has 1 aromatic rings. The van der Waals surface area contributed by atoms with Crippen LogP contribution in [0.1, 0.15) is 45.1 Å². The molecule has 0 aliphatic carbocycles. The maximum Gasteiger partial charge on any atom is 0.0161 e. The second kappa shape index (κ2) is 9.46. The third-order valence-electron chi connectivity index (χ3n) is 3.09. The third-order valence-corrected chi connectivity index (χ3v) is 4.25. The molecule has 18 heavy (non-hydrogen) atoms. The van der Waals surface area contributed by atoms with Gasteiger partial charge < -0.3 is 5.32 Å². The number of hydrogen-bond acceptors (Lipinski definition) is 2. The number of hydrogen-bond donors (Lipinski definition) is 1. The normalized spacial score (nSPS) is 12.6. The van der Waals surface area contributed by atoms with Crippen molar-refractivity contribution in [3.63, 3.8) is 0 Å². The highest BCUT2D eigenvalue weighted by atomic mass is 32.2. The lowest BCUT2D eigenvalue weighted by molar-refractivity contribution is 0.506. The maximum absolute atomic E-state index is 3.61. The smallest absolute Gasteiger partial charge is 0.0161 e. The summed E-state index contributed by atoms with van der Waals surface area (Å²) in [6.45, 7) is 7.70. The molecular formula is C16H27NS. The average molecular weight is 265 g/mol. The molecule has 0 saturated heterocycles. The number of thioether (sulfide) groups is 1. The third kappa shape index (κ3) is 6.46. The monoisotopic (exact) mass is 265 g/mol. The van der Waals surface area contributed by atoms with Crippen molar-refractivity contribution in [1.29, 1.82) is 0 Å². The van der Waals surface area contributed by atoms with Crippen molar-refractivity contribution >= 4 is 11.8 Å². The number of aryl methyl sites for hydroxylation is 1. The fraction of sp³-hybridized carbons (Fsp3) is 0.625. The quantitative estimate of drug-likeness (QED) is 0.515. The Morgan fingerprint density at radius 2 is 2.06 bits per heavy atom. The minimum absolute atomic E-state index is 0.659. The van der Waals surface area contributed by atoms with Crippen LogP contribution in [-0.4, -0.2) is 18.3 Å². The minimum atomic E-state index is 0.659. The molecule has 0 spiro atoms. The molecule has 0 aliphatic heterocycles. The highest BCUT2D eigenvalue weighted by molar-refractivity contribution is 7.99. The molecule has 0 aliphatic rings. The van der Waals surface area contributed by atoms with Crippen molar-refractivity contribution in [3.8, 4) is 0 Å². The van der Waals surface area contributed by atoms with Gasteiger partial charge in [0.05, 0.1) is 0 Å². The largest absolute Gasteiger partial charge is 0.313 e. The lowest BCUT2D eigenvalue weighted by atomic mass is 10.1. The zero-order valence-corrected chi connectivity index (χ0v) is 12.9. The van der Waals surface area contributed by atoms with Gasteiger partial charge in [0.25, 0.3) is 0 Å². The van der Waals surface area contributed by atoms with Gasteiger partial charge in [0, 0.05) is 16.7 Å². The average Bonchev–Trinajstić information content (AvgIpc) is 2.36. The van der Waals surface area contributed by atoms with Crippen LogP contribution in [0, 0.1) is 6.92 Å². The summed E-state index contributed by atoms with van der Waals surface area (Å²) < 4.78 is 0. The number of rotatable bonds is 9. The van der Waals surface area contributed by atoms with Gasteiger partial charge in [0.15, 0.2) is 0 Å². The zero-order valence-electron chi connectivity index (χ0n) is 12.0. The van der Waals surface area contributed by atoms with Crippen molar-refractivity contribution in [2.24, 2.45) is 0 Å². The van der Waals surface area contributed by atoms with E-state index in [1.54, 1.807) is 0 Å². The van der Waals surface area contributed by atoms with E-state index in [0.29, 0.717) is 6.04 Å². The number of benzene rings is 1. The molecule has 0 bridgehead atoms. The van der Waals surface area contributed by atoms with Crippen molar-refractivity contribution in [1.82, 2.24) is 5.32 Å². The first-order valence-corrected chi connectivity index (χ1v) is 8.17. The fourth-order valence-electron chi connectivity index (χ4n) is 2.08. The van der Waals surface area contributed by atoms with E-state index in [0.717, 1.165) is 6.54 Å². The molecule has 1 aromatic carbocycles. The molecular weight excluding hydrogens is 238 g/mol. The second-order valence-electron chi connectivity index (χ2n) is 4.88. The molecule has 0 heterocycles. The van der Waals surface area contributed by atoms with Gasteiger partial charge in [-0.1, -0.05) is 50.8 Å². The molecule has 0 saturated carbocycles. The lowest BCUT2D eigenvalue weighted by Crippen LogP contribution is -2.31. The molecule has 1 N–H and O–H groups in total. The first kappa shape index (κ1) is 15.6. The van der Waals surface area contributed by atoms with Gasteiger partial charge >= 0.3 is 0 Å². The molecule has 1 atom stereocenters. The predicted octanol–water partition coefficient (Wildman–Crippen LogP) is 4.65. The highest BCUT2D eigenvalue weighted by Gasteiger charge is 2.07. The van der Waals surface area contributed by atoms with E-state index in [2.05, 4.69) is 50.4 Å². The lowest BCUT2D eigenvalue weighted by Gasteiger charge is -2.17. The summed E-state index contributed by atoms with van der Waals surface area (Å²) in [6, 6.07) is 9.46. The van der Waals surface area contributed by atoms with Crippen LogP contribution in [-0.2, 0) is 0 Å². The fourth-order valence-corrected chi connectivity index (χ4v) is 3.20. The first-order chi connectivity index (χ1) is 8.76. The van der Waals surface area contributed by atoms with Gasteiger partial charge in [-0.05, 0) is 32.0 Å². The van der Waals surface area contributed by atoms with E-state index in [4.69, 9.17) is 0 Å². The van der Waals surface area contributed by atoms with E-state index >= 15 is 0 Å². The van der Waals surface area contributed by atoms with E-state index < -0.39 is 0 Å². The SMILES string of the molecule is CCCCCC(CSc1cccc(C)c1)NCC. The van der Waals surface area contributed by atoms with Crippen molar-refractivity contribution < 1.29 is 0 Å². The number of nitrogens with one attached hydrogen (secondary N) is 1. The van der Waals surface area contributed by atoms with Crippen LogP contribution < -0.4 is 5.32 Å². The van der Waals surface area contributed by atoms with E-state index in [9.17, 15) is 0 Å². The second-order valence-corrected chi connectivity index (χ2v) is 5.97. The Kier molecular flexibility index (Phi) is 8.19. The Balaban J connectivity index is 2.36. The summed E-state index contributed by atoms with van der Waals surface area (Å²) in [4.78, 5) is 1.40. The first-order valence-electron chi connectivity index (χ1n) is 7.19. The van der Waals surface area contributed by atoms with Crippen LogP contribution in [0.3, 0.4) is 0 Å². The van der Waals surface area contributed by atoms with E-state index in [-0.39, 0.29) is 0 Å². The molecule has 0 radical (unpaired) electrons. The molecule has 1 rings (SSSR count). The molecule has 0 amide bonds. The standard InChI is InChI=1S/C16H27NS/c1-4-6-7-10-15(17-5-2)13-18-16-11-8-9-14(3)12-16/h8-9,11-12,15,17H,4-7,10,13H2,1-3H3. The topological polar surface area (TPSA) is 12.0 Å².